The van der Waals surface area contributed by atoms with Gasteiger partial charge in [0.15, 0.2) is 0 Å². The predicted octanol–water partition coefficient (Wildman–Crippen LogP) is 3.13. The number of carbonyl (C=O) groups is 1. The Morgan fingerprint density at radius 3 is 2.77 bits per heavy atom. The van der Waals surface area contributed by atoms with Crippen LogP contribution in [0.25, 0.3) is 6.08 Å². The standard InChI is InChI=1S/C18H21N3O/c1-5-13-9-16(21-17(10-13)18(22)20-4)12(3)14-7-6-8-15(19)11(14)2/h5-10,12H,1,19H2,2-4H3,(H,20,22). The van der Waals surface area contributed by atoms with Crippen LogP contribution in [0.3, 0.4) is 0 Å². The largest absolute Gasteiger partial charge is 0.399 e. The molecule has 1 aromatic heterocycles. The SMILES string of the molecule is C=Cc1cc(C(=O)NC)nc(C(C)c2cccc(N)c2C)c1. The number of anilines is 1. The van der Waals surface area contributed by atoms with Crippen molar-refractivity contribution < 1.29 is 4.79 Å². The minimum atomic E-state index is -0.207. The van der Waals surface area contributed by atoms with E-state index in [1.54, 1.807) is 19.2 Å². The van der Waals surface area contributed by atoms with Gasteiger partial charge in [-0.2, -0.15) is 0 Å². The van der Waals surface area contributed by atoms with Gasteiger partial charge in [-0.15, -0.1) is 0 Å². The van der Waals surface area contributed by atoms with E-state index in [9.17, 15) is 4.79 Å². The normalized spacial score (nSPS) is 11.8. The predicted molar refractivity (Wildman–Crippen MR) is 90.8 cm³/mol. The lowest BCUT2D eigenvalue weighted by molar-refractivity contribution is 0.0958. The van der Waals surface area contributed by atoms with Crippen molar-refractivity contribution in [3.8, 4) is 0 Å². The van der Waals surface area contributed by atoms with Gasteiger partial charge in [0.2, 0.25) is 0 Å². The summed E-state index contributed by atoms with van der Waals surface area (Å²) in [5, 5.41) is 2.60. The molecular formula is C18H21N3O. The van der Waals surface area contributed by atoms with Crippen molar-refractivity contribution >= 4 is 17.7 Å². The Balaban J connectivity index is 2.53. The molecular weight excluding hydrogens is 274 g/mol. The molecule has 2 rings (SSSR count). The number of pyridine rings is 1. The van der Waals surface area contributed by atoms with Crippen LogP contribution in [0, 0.1) is 6.92 Å². The van der Waals surface area contributed by atoms with Crippen LogP contribution in [0.1, 0.15) is 45.7 Å². The molecule has 0 radical (unpaired) electrons. The van der Waals surface area contributed by atoms with Crippen LogP contribution in [-0.4, -0.2) is 17.9 Å². The van der Waals surface area contributed by atoms with Gasteiger partial charge in [-0.1, -0.05) is 31.7 Å². The summed E-state index contributed by atoms with van der Waals surface area (Å²) in [6.45, 7) is 7.84. The Morgan fingerprint density at radius 1 is 1.41 bits per heavy atom. The number of hydrogen-bond donors (Lipinski definition) is 2. The van der Waals surface area contributed by atoms with Crippen LogP contribution in [-0.2, 0) is 0 Å². The topological polar surface area (TPSA) is 68.0 Å². The minimum absolute atomic E-state index is 0.0341. The van der Waals surface area contributed by atoms with Crippen LogP contribution < -0.4 is 11.1 Å². The van der Waals surface area contributed by atoms with E-state index < -0.39 is 0 Å². The summed E-state index contributed by atoms with van der Waals surface area (Å²) >= 11 is 0. The Bertz CT molecular complexity index is 722. The molecule has 0 bridgehead atoms. The molecule has 0 spiro atoms. The highest BCUT2D eigenvalue weighted by Gasteiger charge is 2.16. The molecule has 4 nitrogen and oxygen atoms in total. The van der Waals surface area contributed by atoms with Crippen molar-refractivity contribution in [1.82, 2.24) is 10.3 Å². The summed E-state index contributed by atoms with van der Waals surface area (Å²) in [5.74, 6) is -0.173. The van der Waals surface area contributed by atoms with E-state index in [4.69, 9.17) is 5.73 Å². The first-order valence-corrected chi connectivity index (χ1v) is 7.19. The molecule has 0 aliphatic heterocycles. The molecule has 0 saturated carbocycles. The van der Waals surface area contributed by atoms with Crippen LogP contribution in [0.5, 0.6) is 0 Å². The zero-order chi connectivity index (χ0) is 16.3. The molecule has 2 aromatic rings. The van der Waals surface area contributed by atoms with Gasteiger partial charge in [-0.3, -0.25) is 4.79 Å². The van der Waals surface area contributed by atoms with Crippen molar-refractivity contribution in [3.05, 3.63) is 65.0 Å². The molecule has 0 saturated heterocycles. The van der Waals surface area contributed by atoms with Crippen molar-refractivity contribution in [2.75, 3.05) is 12.8 Å². The number of nitrogens with zero attached hydrogens (tertiary/aromatic N) is 1. The highest BCUT2D eigenvalue weighted by molar-refractivity contribution is 5.92. The quantitative estimate of drug-likeness (QED) is 0.852. The lowest BCUT2D eigenvalue weighted by Crippen LogP contribution is -2.20. The molecule has 3 N–H and O–H groups in total. The fourth-order valence-electron chi connectivity index (χ4n) is 2.46. The number of amides is 1. The summed E-state index contributed by atoms with van der Waals surface area (Å²) < 4.78 is 0. The summed E-state index contributed by atoms with van der Waals surface area (Å²) in [4.78, 5) is 16.4. The van der Waals surface area contributed by atoms with Gasteiger partial charge < -0.3 is 11.1 Å². The second-order valence-corrected chi connectivity index (χ2v) is 5.28. The highest BCUT2D eigenvalue weighted by atomic mass is 16.1. The summed E-state index contributed by atoms with van der Waals surface area (Å²) in [5.41, 5.74) is 11.0. The Kier molecular flexibility index (Phi) is 4.61. The summed E-state index contributed by atoms with van der Waals surface area (Å²) in [6.07, 6.45) is 1.72. The number of nitrogens with two attached hydrogens (primary N) is 1. The molecule has 4 heteroatoms. The number of hydrogen-bond acceptors (Lipinski definition) is 3. The van der Waals surface area contributed by atoms with Gasteiger partial charge in [-0.05, 0) is 41.8 Å². The lowest BCUT2D eigenvalue weighted by Gasteiger charge is -2.17. The van der Waals surface area contributed by atoms with Crippen molar-refractivity contribution in [3.63, 3.8) is 0 Å². The van der Waals surface area contributed by atoms with Crippen molar-refractivity contribution in [2.45, 2.75) is 19.8 Å². The van der Waals surface area contributed by atoms with Gasteiger partial charge >= 0.3 is 0 Å². The van der Waals surface area contributed by atoms with E-state index in [0.29, 0.717) is 5.69 Å². The number of carbonyl (C=O) groups excluding carboxylic acids is 1. The maximum absolute atomic E-state index is 11.9. The van der Waals surface area contributed by atoms with Gasteiger partial charge in [0.05, 0.1) is 0 Å². The van der Waals surface area contributed by atoms with E-state index in [1.165, 1.54) is 0 Å². The first kappa shape index (κ1) is 15.8. The number of nitrogen functional groups attached to an aromatic ring is 1. The average molecular weight is 295 g/mol. The van der Waals surface area contributed by atoms with Crippen LogP contribution in [0.4, 0.5) is 5.69 Å². The summed E-state index contributed by atoms with van der Waals surface area (Å²) in [6, 6.07) is 9.54. The fraction of sp³-hybridized carbons (Fsp3) is 0.222. The molecule has 1 atom stereocenters. The van der Waals surface area contributed by atoms with Gasteiger partial charge in [0, 0.05) is 24.3 Å². The molecule has 0 fully saturated rings. The molecule has 0 aliphatic carbocycles. The molecule has 1 heterocycles. The Labute approximate surface area is 131 Å². The van der Waals surface area contributed by atoms with Crippen LogP contribution >= 0.6 is 0 Å². The maximum atomic E-state index is 11.9. The van der Waals surface area contributed by atoms with Crippen LogP contribution in [0.15, 0.2) is 36.9 Å². The van der Waals surface area contributed by atoms with Gasteiger partial charge in [0.1, 0.15) is 5.69 Å². The summed E-state index contributed by atoms with van der Waals surface area (Å²) in [7, 11) is 1.59. The van der Waals surface area contributed by atoms with E-state index in [1.807, 2.05) is 31.2 Å². The Morgan fingerprint density at radius 2 is 2.14 bits per heavy atom. The highest BCUT2D eigenvalue weighted by Crippen LogP contribution is 2.29. The van der Waals surface area contributed by atoms with Crippen LogP contribution in [0.2, 0.25) is 0 Å². The second-order valence-electron chi connectivity index (χ2n) is 5.28. The van der Waals surface area contributed by atoms with Gasteiger partial charge in [-0.25, -0.2) is 4.98 Å². The molecule has 1 aromatic carbocycles. The number of aromatic nitrogens is 1. The smallest absolute Gasteiger partial charge is 0.269 e. The zero-order valence-electron chi connectivity index (χ0n) is 13.2. The van der Waals surface area contributed by atoms with E-state index >= 15 is 0 Å². The first-order valence-electron chi connectivity index (χ1n) is 7.19. The second kappa shape index (κ2) is 6.43. The molecule has 0 aliphatic rings. The third kappa shape index (κ3) is 3.01. The fourth-order valence-corrected chi connectivity index (χ4v) is 2.46. The average Bonchev–Trinajstić information content (AvgIpc) is 2.55. The van der Waals surface area contributed by atoms with Crippen molar-refractivity contribution in [2.24, 2.45) is 0 Å². The Hall–Kier alpha value is -2.62. The zero-order valence-corrected chi connectivity index (χ0v) is 13.2. The molecule has 114 valence electrons. The number of nitrogens with one attached hydrogen (secondary N) is 1. The lowest BCUT2D eigenvalue weighted by atomic mass is 9.91. The monoisotopic (exact) mass is 295 g/mol. The van der Waals surface area contributed by atoms with Gasteiger partial charge in [0.25, 0.3) is 5.91 Å². The third-order valence-corrected chi connectivity index (χ3v) is 3.89. The molecule has 22 heavy (non-hydrogen) atoms. The number of rotatable bonds is 4. The van der Waals surface area contributed by atoms with E-state index in [0.717, 1.165) is 28.1 Å². The number of benzene rings is 1. The minimum Gasteiger partial charge on any atom is -0.399 e. The van der Waals surface area contributed by atoms with Crippen molar-refractivity contribution in [1.29, 1.82) is 0 Å². The first-order chi connectivity index (χ1) is 10.5. The third-order valence-electron chi connectivity index (χ3n) is 3.89. The molecule has 1 unspecified atom stereocenters. The maximum Gasteiger partial charge on any atom is 0.269 e. The molecule has 1 amide bonds. The van der Waals surface area contributed by atoms with E-state index in [2.05, 4.69) is 23.8 Å². The van der Waals surface area contributed by atoms with E-state index in [-0.39, 0.29) is 11.8 Å².